The van der Waals surface area contributed by atoms with Crippen molar-refractivity contribution in [3.05, 3.63) is 24.3 Å². The lowest BCUT2D eigenvalue weighted by Crippen LogP contribution is -2.32. The molecule has 0 aliphatic carbocycles. The van der Waals surface area contributed by atoms with Gasteiger partial charge in [0.15, 0.2) is 0 Å². The molecule has 0 atom stereocenters. The summed E-state index contributed by atoms with van der Waals surface area (Å²) >= 11 is 0. The number of carbonyl (C=O) groups is 2. The first-order valence-electron chi connectivity index (χ1n) is 5.40. The molecule has 5 nitrogen and oxygen atoms in total. The van der Waals surface area contributed by atoms with E-state index in [0.717, 1.165) is 12.0 Å². The molecular formula is C12H14N2O3. The minimum atomic E-state index is -0.134. The molecule has 0 radical (unpaired) electrons. The van der Waals surface area contributed by atoms with Crippen LogP contribution in [-0.2, 0) is 4.79 Å². The normalized spacial score (nSPS) is 15.2. The fraction of sp³-hybridized carbons (Fsp3) is 0.333. The van der Waals surface area contributed by atoms with Crippen molar-refractivity contribution in [3.8, 4) is 5.75 Å². The number of ether oxygens (including phenoxy) is 1. The maximum atomic E-state index is 11.9. The number of urea groups is 1. The van der Waals surface area contributed by atoms with Gasteiger partial charge < -0.3 is 14.4 Å². The van der Waals surface area contributed by atoms with Crippen LogP contribution in [0.3, 0.4) is 0 Å². The largest absolute Gasteiger partial charge is 0.497 e. The van der Waals surface area contributed by atoms with E-state index in [-0.39, 0.29) is 12.6 Å². The van der Waals surface area contributed by atoms with Gasteiger partial charge in [-0.3, -0.25) is 4.90 Å². The minimum absolute atomic E-state index is 0.134. The van der Waals surface area contributed by atoms with Crippen molar-refractivity contribution in [1.29, 1.82) is 0 Å². The van der Waals surface area contributed by atoms with E-state index in [2.05, 4.69) is 0 Å². The molecule has 1 aliphatic rings. The first-order valence-corrected chi connectivity index (χ1v) is 5.40. The second-order valence-electron chi connectivity index (χ2n) is 3.75. The highest BCUT2D eigenvalue weighted by molar-refractivity contribution is 5.95. The molecule has 1 heterocycles. The minimum Gasteiger partial charge on any atom is -0.497 e. The predicted molar refractivity (Wildman–Crippen MR) is 63.4 cm³/mol. The van der Waals surface area contributed by atoms with Crippen LogP contribution in [0.2, 0.25) is 0 Å². The lowest BCUT2D eigenvalue weighted by atomic mass is 10.3. The van der Waals surface area contributed by atoms with Crippen LogP contribution in [0.15, 0.2) is 24.3 Å². The second-order valence-corrected chi connectivity index (χ2v) is 3.75. The quantitative estimate of drug-likeness (QED) is 0.734. The third-order valence-electron chi connectivity index (χ3n) is 2.75. The van der Waals surface area contributed by atoms with Gasteiger partial charge in [-0.15, -0.1) is 0 Å². The van der Waals surface area contributed by atoms with Crippen LogP contribution in [0.5, 0.6) is 5.75 Å². The Bertz CT molecular complexity index is 434. The van der Waals surface area contributed by atoms with Crippen molar-refractivity contribution in [2.75, 3.05) is 31.6 Å². The molecule has 2 amide bonds. The van der Waals surface area contributed by atoms with Crippen LogP contribution >= 0.6 is 0 Å². The average Bonchev–Trinajstić information content (AvgIpc) is 2.72. The Kier molecular flexibility index (Phi) is 3.27. The average molecular weight is 234 g/mol. The van der Waals surface area contributed by atoms with Crippen molar-refractivity contribution in [2.45, 2.75) is 0 Å². The van der Waals surface area contributed by atoms with Gasteiger partial charge >= 0.3 is 6.03 Å². The summed E-state index contributed by atoms with van der Waals surface area (Å²) in [7, 11) is 1.59. The maximum absolute atomic E-state index is 11.9. The third kappa shape index (κ3) is 2.22. The standard InChI is InChI=1S/C12H14N2O3/c1-17-11-4-2-3-10(9-11)14-6-5-13(7-8-15)12(14)16/h2-4,8-9H,5-7H2,1H3. The van der Waals surface area contributed by atoms with Gasteiger partial charge in [0.25, 0.3) is 0 Å². The number of carbonyl (C=O) groups excluding carboxylic acids is 2. The molecule has 0 spiro atoms. The highest BCUT2D eigenvalue weighted by atomic mass is 16.5. The van der Waals surface area contributed by atoms with Gasteiger partial charge in [0.2, 0.25) is 0 Å². The molecule has 17 heavy (non-hydrogen) atoms. The molecule has 0 unspecified atom stereocenters. The molecule has 1 aromatic rings. The summed E-state index contributed by atoms with van der Waals surface area (Å²) in [6.45, 7) is 1.33. The molecule has 90 valence electrons. The summed E-state index contributed by atoms with van der Waals surface area (Å²) in [4.78, 5) is 25.5. The molecule has 5 heteroatoms. The molecule has 0 aromatic heterocycles. The number of nitrogens with zero attached hydrogens (tertiary/aromatic N) is 2. The van der Waals surface area contributed by atoms with Crippen molar-refractivity contribution in [2.24, 2.45) is 0 Å². The summed E-state index contributed by atoms with van der Waals surface area (Å²) in [6.07, 6.45) is 0.743. The van der Waals surface area contributed by atoms with Gasteiger partial charge in [0, 0.05) is 24.8 Å². The van der Waals surface area contributed by atoms with E-state index in [1.165, 1.54) is 4.90 Å². The first-order chi connectivity index (χ1) is 8.26. The van der Waals surface area contributed by atoms with E-state index in [1.54, 1.807) is 12.0 Å². The Balaban J connectivity index is 2.18. The summed E-state index contributed by atoms with van der Waals surface area (Å²) in [6, 6.07) is 7.19. The maximum Gasteiger partial charge on any atom is 0.324 e. The fourth-order valence-electron chi connectivity index (χ4n) is 1.86. The van der Waals surface area contributed by atoms with E-state index >= 15 is 0 Å². The number of hydrogen-bond acceptors (Lipinski definition) is 3. The van der Waals surface area contributed by atoms with Crippen LogP contribution in [0.1, 0.15) is 0 Å². The van der Waals surface area contributed by atoms with Crippen LogP contribution in [0.4, 0.5) is 10.5 Å². The second kappa shape index (κ2) is 4.86. The van der Waals surface area contributed by atoms with Crippen molar-refractivity contribution in [3.63, 3.8) is 0 Å². The van der Waals surface area contributed by atoms with Crippen LogP contribution < -0.4 is 9.64 Å². The van der Waals surface area contributed by atoms with E-state index in [1.807, 2.05) is 24.3 Å². The smallest absolute Gasteiger partial charge is 0.324 e. The monoisotopic (exact) mass is 234 g/mol. The Morgan fingerprint density at radius 2 is 2.24 bits per heavy atom. The zero-order valence-electron chi connectivity index (χ0n) is 9.63. The van der Waals surface area contributed by atoms with E-state index in [9.17, 15) is 9.59 Å². The van der Waals surface area contributed by atoms with Gasteiger partial charge in [-0.2, -0.15) is 0 Å². The predicted octanol–water partition coefficient (Wildman–Crippen LogP) is 1.14. The topological polar surface area (TPSA) is 49.9 Å². The lowest BCUT2D eigenvalue weighted by Gasteiger charge is -2.17. The number of aldehydes is 1. The molecule has 1 aromatic carbocycles. The number of hydrogen-bond donors (Lipinski definition) is 0. The van der Waals surface area contributed by atoms with Crippen molar-refractivity contribution >= 4 is 18.0 Å². The first kappa shape index (κ1) is 11.4. The molecule has 0 bridgehead atoms. The lowest BCUT2D eigenvalue weighted by molar-refractivity contribution is -0.108. The third-order valence-corrected chi connectivity index (χ3v) is 2.75. The Labute approximate surface area is 99.6 Å². The molecule has 1 fully saturated rings. The van der Waals surface area contributed by atoms with Crippen molar-refractivity contribution in [1.82, 2.24) is 4.90 Å². The zero-order chi connectivity index (χ0) is 12.3. The fourth-order valence-corrected chi connectivity index (χ4v) is 1.86. The number of anilines is 1. The molecule has 1 aliphatic heterocycles. The van der Waals surface area contributed by atoms with Gasteiger partial charge in [-0.05, 0) is 12.1 Å². The van der Waals surface area contributed by atoms with Gasteiger partial charge in [0.1, 0.15) is 12.0 Å². The highest BCUT2D eigenvalue weighted by Crippen LogP contribution is 2.24. The Hall–Kier alpha value is -2.04. The van der Waals surface area contributed by atoms with E-state index in [0.29, 0.717) is 18.8 Å². The van der Waals surface area contributed by atoms with Gasteiger partial charge in [0.05, 0.1) is 13.7 Å². The molecule has 0 saturated carbocycles. The van der Waals surface area contributed by atoms with Crippen molar-refractivity contribution < 1.29 is 14.3 Å². The van der Waals surface area contributed by atoms with Crippen LogP contribution in [0.25, 0.3) is 0 Å². The number of benzene rings is 1. The number of amides is 2. The summed E-state index contributed by atoms with van der Waals surface area (Å²) in [5.74, 6) is 0.712. The summed E-state index contributed by atoms with van der Waals surface area (Å²) in [5, 5.41) is 0. The summed E-state index contributed by atoms with van der Waals surface area (Å²) < 4.78 is 5.12. The molecule has 0 N–H and O–H groups in total. The van der Waals surface area contributed by atoms with Gasteiger partial charge in [-0.25, -0.2) is 4.79 Å². The highest BCUT2D eigenvalue weighted by Gasteiger charge is 2.29. The van der Waals surface area contributed by atoms with Crippen LogP contribution in [-0.4, -0.2) is 44.0 Å². The Morgan fingerprint density at radius 3 is 2.94 bits per heavy atom. The van der Waals surface area contributed by atoms with E-state index in [4.69, 9.17) is 4.74 Å². The zero-order valence-corrected chi connectivity index (χ0v) is 9.63. The molecular weight excluding hydrogens is 220 g/mol. The van der Waals surface area contributed by atoms with E-state index < -0.39 is 0 Å². The molecule has 1 saturated heterocycles. The number of methoxy groups -OCH3 is 1. The number of rotatable bonds is 4. The van der Waals surface area contributed by atoms with Crippen LogP contribution in [0, 0.1) is 0 Å². The Morgan fingerprint density at radius 1 is 1.41 bits per heavy atom. The SMILES string of the molecule is COc1cccc(N2CCN(CC=O)C2=O)c1. The van der Waals surface area contributed by atoms with Gasteiger partial charge in [-0.1, -0.05) is 6.07 Å². The molecule has 2 rings (SSSR count). The summed E-state index contributed by atoms with van der Waals surface area (Å²) in [5.41, 5.74) is 0.794.